The van der Waals surface area contributed by atoms with Crippen LogP contribution in [-0.2, 0) is 13.8 Å². The van der Waals surface area contributed by atoms with Crippen LogP contribution in [0.15, 0.2) is 0 Å². The number of fused-ring (bicyclic) bond motifs is 2. The molecule has 0 aromatic heterocycles. The Labute approximate surface area is 65.5 Å². The van der Waals surface area contributed by atoms with Crippen molar-refractivity contribution in [3.05, 3.63) is 0 Å². The van der Waals surface area contributed by atoms with Crippen molar-refractivity contribution in [3.63, 3.8) is 0 Å². The maximum absolute atomic E-state index is 10.3. The number of hydrogen-bond donors (Lipinski definition) is 1. The van der Waals surface area contributed by atoms with Gasteiger partial charge in [0.15, 0.2) is 0 Å². The van der Waals surface area contributed by atoms with Crippen LogP contribution in [0.2, 0.25) is 0 Å². The Morgan fingerprint density at radius 1 is 1.55 bits per heavy atom. The second-order valence-corrected chi connectivity index (χ2v) is 3.70. The zero-order chi connectivity index (χ0) is 7.84. The van der Waals surface area contributed by atoms with Crippen molar-refractivity contribution in [1.82, 2.24) is 0 Å². The molecular weight excluding hydrogens is 167 g/mol. The Kier molecular flexibility index (Phi) is 1.93. The molecule has 4 nitrogen and oxygen atoms in total. The third kappa shape index (κ3) is 1.32. The fourth-order valence-corrected chi connectivity index (χ4v) is 2.39. The largest absolute Gasteiger partial charge is 0.695 e. The molecule has 1 aliphatic heterocycles. The number of rotatable bonds is 2. The molecule has 2 rings (SSSR count). The van der Waals surface area contributed by atoms with E-state index in [1.807, 2.05) is 0 Å². The first kappa shape index (κ1) is 7.62. The Morgan fingerprint density at radius 2 is 2.36 bits per heavy atom. The quantitative estimate of drug-likeness (QED) is 0.634. The van der Waals surface area contributed by atoms with E-state index >= 15 is 0 Å². The Balaban J connectivity index is 1.99. The molecule has 62 valence electrons. The highest BCUT2D eigenvalue weighted by Gasteiger charge is 2.48. The topological polar surface area (TPSA) is 55.8 Å². The van der Waals surface area contributed by atoms with Crippen molar-refractivity contribution in [2.45, 2.75) is 25.0 Å². The minimum Gasteiger partial charge on any atom is -0.375 e. The van der Waals surface area contributed by atoms with Gasteiger partial charge in [0.05, 0.1) is 12.7 Å². The van der Waals surface area contributed by atoms with E-state index in [0.29, 0.717) is 12.5 Å². The van der Waals surface area contributed by atoms with Crippen LogP contribution in [-0.4, -0.2) is 23.7 Å². The smallest absolute Gasteiger partial charge is 0.375 e. The molecule has 0 radical (unpaired) electrons. The van der Waals surface area contributed by atoms with Crippen LogP contribution in [0.4, 0.5) is 0 Å². The average molecular weight is 177 g/mol. The van der Waals surface area contributed by atoms with E-state index in [1.54, 1.807) is 0 Å². The molecule has 11 heavy (non-hydrogen) atoms. The van der Waals surface area contributed by atoms with Gasteiger partial charge in [0, 0.05) is 10.5 Å². The van der Waals surface area contributed by atoms with Crippen LogP contribution in [0.5, 0.6) is 0 Å². The summed E-state index contributed by atoms with van der Waals surface area (Å²) in [5.41, 5.74) is 0. The lowest BCUT2D eigenvalue weighted by Crippen LogP contribution is -2.19. The molecule has 4 atom stereocenters. The van der Waals surface area contributed by atoms with Gasteiger partial charge in [-0.2, -0.15) is 0 Å². The number of ether oxygens (including phenoxy) is 1. The molecular formula is C6H10O4P+. The Hall–Kier alpha value is -0.0200. The molecule has 1 N–H and O–H groups in total. The van der Waals surface area contributed by atoms with Crippen molar-refractivity contribution in [2.75, 3.05) is 6.61 Å². The van der Waals surface area contributed by atoms with Crippen LogP contribution >= 0.6 is 8.25 Å². The normalized spacial score (nSPS) is 43.0. The molecule has 1 aliphatic carbocycles. The summed E-state index contributed by atoms with van der Waals surface area (Å²) < 4.78 is 20.5. The zero-order valence-corrected chi connectivity index (χ0v) is 6.87. The first-order valence-electron chi connectivity index (χ1n) is 3.72. The van der Waals surface area contributed by atoms with Crippen molar-refractivity contribution in [2.24, 2.45) is 5.92 Å². The lowest BCUT2D eigenvalue weighted by atomic mass is 10.1. The average Bonchev–Trinajstić information content (AvgIpc) is 2.48. The van der Waals surface area contributed by atoms with E-state index in [1.165, 1.54) is 0 Å². The van der Waals surface area contributed by atoms with E-state index in [4.69, 9.17) is 14.2 Å². The summed E-state index contributed by atoms with van der Waals surface area (Å²) in [7, 11) is -2.45. The maximum atomic E-state index is 10.3. The lowest BCUT2D eigenvalue weighted by molar-refractivity contribution is 0.0506. The predicted molar refractivity (Wildman–Crippen MR) is 37.2 cm³/mol. The molecule has 0 amide bonds. The SMILES string of the molecule is O=[P+](O)OC1C2CCC1OC2. The van der Waals surface area contributed by atoms with Crippen molar-refractivity contribution < 1.29 is 18.7 Å². The standard InChI is InChI=1S/C6H9O4P/c7-11(8)10-6-4-1-2-5(6)9-3-4/h4-6H,1-3H2/p+1. The van der Waals surface area contributed by atoms with Gasteiger partial charge >= 0.3 is 8.25 Å². The molecule has 0 aromatic carbocycles. The summed E-state index contributed by atoms with van der Waals surface area (Å²) in [6.45, 7) is 0.693. The van der Waals surface area contributed by atoms with Crippen molar-refractivity contribution in [1.29, 1.82) is 0 Å². The van der Waals surface area contributed by atoms with Gasteiger partial charge in [0.2, 0.25) is 0 Å². The second-order valence-electron chi connectivity index (χ2n) is 3.02. The molecule has 2 fully saturated rings. The molecule has 1 saturated heterocycles. The molecule has 1 saturated carbocycles. The van der Waals surface area contributed by atoms with Gasteiger partial charge in [-0.15, -0.1) is 9.42 Å². The van der Waals surface area contributed by atoms with Crippen LogP contribution in [0.25, 0.3) is 0 Å². The number of hydrogen-bond acceptors (Lipinski definition) is 3. The molecule has 0 spiro atoms. The first-order valence-corrected chi connectivity index (χ1v) is 4.85. The highest BCUT2D eigenvalue weighted by atomic mass is 31.1. The summed E-state index contributed by atoms with van der Waals surface area (Å²) in [6, 6.07) is 0. The molecule has 5 heteroatoms. The van der Waals surface area contributed by atoms with Crippen LogP contribution in [0, 0.1) is 5.92 Å². The fourth-order valence-electron chi connectivity index (χ4n) is 1.87. The summed E-state index contributed by atoms with van der Waals surface area (Å²) >= 11 is 0. The van der Waals surface area contributed by atoms with Crippen LogP contribution in [0.1, 0.15) is 12.8 Å². The Morgan fingerprint density at radius 3 is 2.73 bits per heavy atom. The fraction of sp³-hybridized carbons (Fsp3) is 1.00. The first-order chi connectivity index (χ1) is 5.27. The van der Waals surface area contributed by atoms with E-state index < -0.39 is 8.25 Å². The minimum atomic E-state index is -2.45. The van der Waals surface area contributed by atoms with E-state index in [-0.39, 0.29) is 12.2 Å². The van der Waals surface area contributed by atoms with Crippen LogP contribution in [0.3, 0.4) is 0 Å². The molecule has 2 bridgehead atoms. The highest BCUT2D eigenvalue weighted by molar-refractivity contribution is 7.32. The third-order valence-electron chi connectivity index (χ3n) is 2.39. The van der Waals surface area contributed by atoms with E-state index in [0.717, 1.165) is 12.8 Å². The van der Waals surface area contributed by atoms with Crippen molar-refractivity contribution >= 4 is 8.25 Å². The van der Waals surface area contributed by atoms with Gasteiger partial charge in [-0.3, -0.25) is 0 Å². The third-order valence-corrected chi connectivity index (χ3v) is 2.81. The van der Waals surface area contributed by atoms with Gasteiger partial charge in [-0.05, 0) is 12.8 Å². The zero-order valence-electron chi connectivity index (χ0n) is 5.97. The van der Waals surface area contributed by atoms with Gasteiger partial charge in [-0.1, -0.05) is 0 Å². The minimum absolute atomic E-state index is 0.0751. The van der Waals surface area contributed by atoms with E-state index in [2.05, 4.69) is 0 Å². The predicted octanol–water partition coefficient (Wildman–Crippen LogP) is 0.830. The highest BCUT2D eigenvalue weighted by Crippen LogP contribution is 2.41. The van der Waals surface area contributed by atoms with Gasteiger partial charge in [0.1, 0.15) is 6.10 Å². The second kappa shape index (κ2) is 2.79. The van der Waals surface area contributed by atoms with Gasteiger partial charge in [-0.25, -0.2) is 0 Å². The monoisotopic (exact) mass is 177 g/mol. The van der Waals surface area contributed by atoms with Crippen molar-refractivity contribution in [3.8, 4) is 0 Å². The molecule has 0 aromatic rings. The Bertz CT molecular complexity index is 163. The van der Waals surface area contributed by atoms with Crippen LogP contribution < -0.4 is 0 Å². The molecule has 2 aliphatic rings. The van der Waals surface area contributed by atoms with Gasteiger partial charge < -0.3 is 4.74 Å². The summed E-state index contributed by atoms with van der Waals surface area (Å²) in [5, 5.41) is 0. The lowest BCUT2D eigenvalue weighted by Gasteiger charge is -2.06. The summed E-state index contributed by atoms with van der Waals surface area (Å²) in [6.07, 6.45) is 1.99. The van der Waals surface area contributed by atoms with E-state index in [9.17, 15) is 4.57 Å². The molecule has 4 unspecified atom stereocenters. The summed E-state index contributed by atoms with van der Waals surface area (Å²) in [4.78, 5) is 8.51. The maximum Gasteiger partial charge on any atom is 0.695 e. The molecule has 1 heterocycles. The summed E-state index contributed by atoms with van der Waals surface area (Å²) in [5.74, 6) is 0.353. The van der Waals surface area contributed by atoms with Gasteiger partial charge in [0.25, 0.3) is 0 Å².